The molecule has 0 fully saturated rings. The van der Waals surface area contributed by atoms with Gasteiger partial charge in [0.05, 0.1) is 38.7 Å². The molecule has 0 aliphatic heterocycles. The second kappa shape index (κ2) is 16.4. The number of carboxylic acid groups (broad SMARTS) is 1. The van der Waals surface area contributed by atoms with E-state index in [9.17, 15) is 26.4 Å². The number of carbonyl (C=O) groups excluding carboxylic acids is 1. The second-order valence-corrected chi connectivity index (χ2v) is 27.8. The molecule has 0 aliphatic carbocycles. The molecule has 15 nitrogen and oxygen atoms in total. The highest BCUT2D eigenvalue weighted by atomic mass is 35.5. The number of aromatic carboxylic acids is 1. The third-order valence-corrected chi connectivity index (χ3v) is 14.6. The Balaban J connectivity index is 0.000000293. The van der Waals surface area contributed by atoms with Gasteiger partial charge in [-0.1, -0.05) is 85.7 Å². The highest BCUT2D eigenvalue weighted by Gasteiger charge is 2.28. The van der Waals surface area contributed by atoms with Gasteiger partial charge in [-0.25, -0.2) is 41.5 Å². The average molecular weight is 861 g/mol. The number of hydrogen-bond donors (Lipinski definition) is 3. The van der Waals surface area contributed by atoms with Crippen LogP contribution in [0, 0.1) is 13.8 Å². The lowest BCUT2D eigenvalue weighted by Gasteiger charge is -2.19. The number of nitrogens with one attached hydrogen (secondary N) is 1. The molecule has 0 radical (unpaired) electrons. The standard InChI is InChI=1S/C14H18Cl2N4O3SSi.C9H11Cl2NO2Si.C5H9N3O2S/c1-8-10(7-20(2)18-8)24(22,23)19-14(21)9-6-11(25(3,4)5)13(16)17-12(9)15;1-15(2,3)6-4-5(9(13)14)7(10)12-8(6)11;1-4-5(11(6,9)10)3-8(2)7-4/h6-7H,1-5H3,(H,19,21);4H,1-3H3,(H,13,14);3H,1-2H3,(H2,6,9,10). The Kier molecular flexibility index (Phi) is 14.3. The van der Waals surface area contributed by atoms with Crippen LogP contribution in [0.15, 0.2) is 34.3 Å². The summed E-state index contributed by atoms with van der Waals surface area (Å²) in [5.41, 5.74) is 0.688. The van der Waals surface area contributed by atoms with Gasteiger partial charge in [-0.3, -0.25) is 14.2 Å². The Morgan fingerprint density at radius 2 is 1.10 bits per heavy atom. The third kappa shape index (κ3) is 11.8. The molecule has 0 saturated heterocycles. The van der Waals surface area contributed by atoms with E-state index < -0.39 is 48.1 Å². The van der Waals surface area contributed by atoms with Gasteiger partial charge in [0.25, 0.3) is 15.9 Å². The molecule has 0 unspecified atom stereocenters. The predicted octanol–water partition coefficient (Wildman–Crippen LogP) is 4.10. The summed E-state index contributed by atoms with van der Waals surface area (Å²) in [6.45, 7) is 15.4. The topological polar surface area (TPSA) is 222 Å². The molecule has 280 valence electrons. The maximum Gasteiger partial charge on any atom is 0.338 e. The summed E-state index contributed by atoms with van der Waals surface area (Å²) >= 11 is 23.7. The number of halogens is 4. The number of hydrogen-bond acceptors (Lipinski definition) is 10. The van der Waals surface area contributed by atoms with Crippen molar-refractivity contribution in [1.82, 2.24) is 34.3 Å². The lowest BCUT2D eigenvalue weighted by atomic mass is 10.3. The maximum atomic E-state index is 12.5. The fourth-order valence-corrected chi connectivity index (χ4v) is 11.2. The monoisotopic (exact) mass is 858 g/mol. The lowest BCUT2D eigenvalue weighted by Crippen LogP contribution is -2.40. The first-order valence-electron chi connectivity index (χ1n) is 14.5. The molecule has 4 heterocycles. The Labute approximate surface area is 318 Å². The van der Waals surface area contributed by atoms with Crippen molar-refractivity contribution in [2.24, 2.45) is 19.2 Å². The molecule has 4 aromatic rings. The van der Waals surface area contributed by atoms with Crippen LogP contribution >= 0.6 is 46.4 Å². The number of carbonyl (C=O) groups is 2. The van der Waals surface area contributed by atoms with Crippen molar-refractivity contribution in [1.29, 1.82) is 0 Å². The second-order valence-electron chi connectivity index (χ2n) is 13.1. The van der Waals surface area contributed by atoms with E-state index in [0.29, 0.717) is 10.8 Å². The summed E-state index contributed by atoms with van der Waals surface area (Å²) in [6.07, 6.45) is 2.70. The average Bonchev–Trinajstić information content (AvgIpc) is 3.46. The summed E-state index contributed by atoms with van der Waals surface area (Å²) in [6, 6.07) is 3.05. The fraction of sp³-hybridized carbons (Fsp3) is 0.357. The van der Waals surface area contributed by atoms with Gasteiger partial charge in [-0.05, 0) is 36.4 Å². The SMILES string of the molecule is C[Si](C)(C)c1cc(C(=O)O)c(Cl)nc1Cl.Cc1nn(C)cc1S(=O)(=O)NC(=O)c1cc([Si](C)(C)C)c(Cl)nc1Cl.Cc1nn(C)cc1S(N)(=O)=O. The van der Waals surface area contributed by atoms with E-state index in [2.05, 4.69) is 39.8 Å². The number of sulfonamides is 2. The fourth-order valence-electron chi connectivity index (χ4n) is 4.23. The maximum absolute atomic E-state index is 12.5. The van der Waals surface area contributed by atoms with Gasteiger partial charge >= 0.3 is 5.97 Å². The highest BCUT2D eigenvalue weighted by Crippen LogP contribution is 2.21. The summed E-state index contributed by atoms with van der Waals surface area (Å²) in [5.74, 6) is -1.94. The van der Waals surface area contributed by atoms with E-state index in [1.54, 1.807) is 27.9 Å². The molecule has 0 bridgehead atoms. The Morgan fingerprint density at radius 1 is 0.725 bits per heavy atom. The molecule has 0 saturated carbocycles. The molecular formula is C28H38Cl4N8O7S2Si2. The minimum absolute atomic E-state index is 0.0125. The van der Waals surface area contributed by atoms with Crippen LogP contribution in [0.3, 0.4) is 0 Å². The molecule has 0 spiro atoms. The third-order valence-electron chi connectivity index (χ3n) is 6.71. The summed E-state index contributed by atoms with van der Waals surface area (Å²) in [5, 5.41) is 23.4. The van der Waals surface area contributed by atoms with Crippen molar-refractivity contribution in [3.05, 3.63) is 67.7 Å². The van der Waals surface area contributed by atoms with Gasteiger partial charge in [-0.2, -0.15) is 10.2 Å². The molecule has 0 aliphatic rings. The van der Waals surface area contributed by atoms with Crippen molar-refractivity contribution in [2.45, 2.75) is 62.9 Å². The zero-order chi connectivity index (χ0) is 39.6. The van der Waals surface area contributed by atoms with Gasteiger partial charge in [0.15, 0.2) is 0 Å². The van der Waals surface area contributed by atoms with Crippen molar-refractivity contribution in [3.8, 4) is 0 Å². The molecule has 0 atom stereocenters. The first-order chi connectivity index (χ1) is 23.0. The highest BCUT2D eigenvalue weighted by molar-refractivity contribution is 7.90. The predicted molar refractivity (Wildman–Crippen MR) is 203 cm³/mol. The van der Waals surface area contributed by atoms with E-state index in [1.807, 2.05) is 24.4 Å². The van der Waals surface area contributed by atoms with Gasteiger partial charge in [0, 0.05) is 26.5 Å². The van der Waals surface area contributed by atoms with Gasteiger partial charge in [-0.15, -0.1) is 0 Å². The van der Waals surface area contributed by atoms with E-state index in [1.165, 1.54) is 33.9 Å². The van der Waals surface area contributed by atoms with Gasteiger partial charge in [0.2, 0.25) is 10.0 Å². The number of nitrogens with zero attached hydrogens (tertiary/aromatic N) is 6. The van der Waals surface area contributed by atoms with Crippen LogP contribution in [0.2, 0.25) is 59.9 Å². The van der Waals surface area contributed by atoms with Crippen LogP contribution in [0.25, 0.3) is 0 Å². The Hall–Kier alpha value is -2.89. The number of nitrogens with two attached hydrogens (primary N) is 1. The number of primary sulfonamides is 1. The van der Waals surface area contributed by atoms with Crippen molar-refractivity contribution < 1.29 is 31.5 Å². The first kappa shape index (κ1) is 44.3. The molecule has 23 heteroatoms. The number of carboxylic acids is 1. The normalized spacial score (nSPS) is 12.0. The molecule has 0 aromatic carbocycles. The number of aromatic nitrogens is 6. The van der Waals surface area contributed by atoms with Gasteiger partial charge in [0.1, 0.15) is 30.4 Å². The zero-order valence-electron chi connectivity index (χ0n) is 29.3. The Bertz CT molecular complexity index is 2200. The summed E-state index contributed by atoms with van der Waals surface area (Å²) in [7, 11) is -8.04. The van der Waals surface area contributed by atoms with Crippen molar-refractivity contribution in [2.75, 3.05) is 0 Å². The quantitative estimate of drug-likeness (QED) is 0.177. The number of rotatable bonds is 7. The molecular weight excluding hydrogens is 822 g/mol. The Morgan fingerprint density at radius 3 is 1.41 bits per heavy atom. The molecule has 51 heavy (non-hydrogen) atoms. The summed E-state index contributed by atoms with van der Waals surface area (Å²) in [4.78, 5) is 31.2. The van der Waals surface area contributed by atoms with Crippen LogP contribution in [0.5, 0.6) is 0 Å². The smallest absolute Gasteiger partial charge is 0.338 e. The van der Waals surface area contributed by atoms with E-state index in [4.69, 9.17) is 56.6 Å². The van der Waals surface area contributed by atoms with Crippen LogP contribution in [-0.2, 0) is 34.1 Å². The number of amides is 1. The molecule has 1 amide bonds. The molecule has 4 rings (SSSR count). The van der Waals surface area contributed by atoms with Crippen molar-refractivity contribution in [3.63, 3.8) is 0 Å². The lowest BCUT2D eigenvalue weighted by molar-refractivity contribution is 0.0696. The summed E-state index contributed by atoms with van der Waals surface area (Å²) < 4.78 is 51.2. The van der Waals surface area contributed by atoms with Crippen LogP contribution < -0.4 is 20.2 Å². The first-order valence-corrected chi connectivity index (χ1v) is 26.1. The largest absolute Gasteiger partial charge is 0.478 e. The van der Waals surface area contributed by atoms with E-state index >= 15 is 0 Å². The van der Waals surface area contributed by atoms with Crippen LogP contribution in [0.1, 0.15) is 32.1 Å². The van der Waals surface area contributed by atoms with Crippen molar-refractivity contribution >= 4 is 105 Å². The zero-order valence-corrected chi connectivity index (χ0v) is 36.0. The number of aryl methyl sites for hydroxylation is 4. The minimum atomic E-state index is -4.08. The molecule has 4 N–H and O–H groups in total. The minimum Gasteiger partial charge on any atom is -0.478 e. The van der Waals surface area contributed by atoms with E-state index in [-0.39, 0.29) is 42.1 Å². The van der Waals surface area contributed by atoms with E-state index in [0.717, 1.165) is 10.4 Å². The molecule has 4 aromatic heterocycles. The van der Waals surface area contributed by atoms with Gasteiger partial charge < -0.3 is 5.11 Å². The van der Waals surface area contributed by atoms with Crippen LogP contribution in [-0.4, -0.2) is 79.5 Å². The number of pyridine rings is 2. The van der Waals surface area contributed by atoms with Crippen LogP contribution in [0.4, 0.5) is 0 Å².